The van der Waals surface area contributed by atoms with Crippen LogP contribution in [0.5, 0.6) is 5.75 Å². The molecule has 0 bridgehead atoms. The van der Waals surface area contributed by atoms with Crippen molar-refractivity contribution in [1.82, 2.24) is 0 Å². The van der Waals surface area contributed by atoms with Crippen molar-refractivity contribution in [3.8, 4) is 5.75 Å². The van der Waals surface area contributed by atoms with Gasteiger partial charge in [-0.15, -0.1) is 0 Å². The van der Waals surface area contributed by atoms with Crippen molar-refractivity contribution in [2.24, 2.45) is 11.1 Å². The van der Waals surface area contributed by atoms with E-state index in [0.717, 1.165) is 16.3 Å². The zero-order valence-electron chi connectivity index (χ0n) is 12.6. The molecule has 4 nitrogen and oxygen atoms in total. The zero-order chi connectivity index (χ0) is 15.6. The van der Waals surface area contributed by atoms with Gasteiger partial charge in [0.05, 0.1) is 5.41 Å². The lowest BCUT2D eigenvalue weighted by molar-refractivity contribution is -0.148. The molecule has 2 aromatic rings. The van der Waals surface area contributed by atoms with Gasteiger partial charge in [-0.3, -0.25) is 4.79 Å². The van der Waals surface area contributed by atoms with Crippen LogP contribution in [-0.2, 0) is 4.79 Å². The number of rotatable bonds is 5. The minimum atomic E-state index is -0.952. The molecule has 0 spiro atoms. The van der Waals surface area contributed by atoms with E-state index in [9.17, 15) is 9.90 Å². The molecule has 0 saturated heterocycles. The third kappa shape index (κ3) is 3.16. The average molecular weight is 287 g/mol. The lowest BCUT2D eigenvalue weighted by atomic mass is 9.95. The molecule has 0 amide bonds. The molecule has 0 aliphatic rings. The van der Waals surface area contributed by atoms with Gasteiger partial charge < -0.3 is 15.6 Å². The van der Waals surface area contributed by atoms with E-state index in [4.69, 9.17) is 10.5 Å². The maximum Gasteiger partial charge on any atom is 0.312 e. The first-order chi connectivity index (χ1) is 9.83. The molecule has 112 valence electrons. The Morgan fingerprint density at radius 1 is 1.29 bits per heavy atom. The van der Waals surface area contributed by atoms with Crippen LogP contribution in [0.15, 0.2) is 36.4 Å². The first-order valence-electron chi connectivity index (χ1n) is 6.96. The number of ether oxygens (including phenoxy) is 1. The van der Waals surface area contributed by atoms with Crippen LogP contribution in [-0.4, -0.2) is 17.7 Å². The number of carboxylic acid groups (broad SMARTS) is 1. The molecule has 0 fully saturated rings. The highest BCUT2D eigenvalue weighted by Crippen LogP contribution is 2.34. The number of aliphatic carboxylic acids is 1. The number of carboxylic acids is 1. The van der Waals surface area contributed by atoms with Crippen LogP contribution in [0.1, 0.15) is 32.4 Å². The molecular weight excluding hydrogens is 266 g/mol. The summed E-state index contributed by atoms with van der Waals surface area (Å²) in [7, 11) is 0. The van der Waals surface area contributed by atoms with Gasteiger partial charge in [-0.2, -0.15) is 0 Å². The molecule has 0 heterocycles. The predicted octanol–water partition coefficient (Wildman–Crippen LogP) is 3.35. The van der Waals surface area contributed by atoms with E-state index >= 15 is 0 Å². The van der Waals surface area contributed by atoms with Gasteiger partial charge in [0, 0.05) is 17.0 Å². The quantitative estimate of drug-likeness (QED) is 0.884. The molecule has 0 aliphatic carbocycles. The largest absolute Gasteiger partial charge is 0.491 e. The highest BCUT2D eigenvalue weighted by atomic mass is 16.5. The van der Waals surface area contributed by atoms with Crippen LogP contribution in [0.4, 0.5) is 0 Å². The van der Waals surface area contributed by atoms with E-state index in [1.807, 2.05) is 43.3 Å². The molecule has 21 heavy (non-hydrogen) atoms. The highest BCUT2D eigenvalue weighted by molar-refractivity contribution is 5.89. The minimum absolute atomic E-state index is 0.0933. The Hall–Kier alpha value is -2.07. The predicted molar refractivity (Wildman–Crippen MR) is 83.5 cm³/mol. The monoisotopic (exact) mass is 287 g/mol. The molecule has 3 N–H and O–H groups in total. The average Bonchev–Trinajstić information content (AvgIpc) is 2.44. The van der Waals surface area contributed by atoms with Crippen LogP contribution in [0.25, 0.3) is 10.8 Å². The topological polar surface area (TPSA) is 72.5 Å². The van der Waals surface area contributed by atoms with Gasteiger partial charge in [-0.05, 0) is 26.2 Å². The van der Waals surface area contributed by atoms with E-state index in [1.165, 1.54) is 0 Å². The van der Waals surface area contributed by atoms with Crippen LogP contribution in [0, 0.1) is 5.41 Å². The van der Waals surface area contributed by atoms with Crippen molar-refractivity contribution in [2.45, 2.75) is 26.8 Å². The van der Waals surface area contributed by atoms with Crippen molar-refractivity contribution in [2.75, 3.05) is 6.61 Å². The van der Waals surface area contributed by atoms with Gasteiger partial charge >= 0.3 is 5.97 Å². The molecule has 1 unspecified atom stereocenters. The Balaban J connectivity index is 2.45. The van der Waals surface area contributed by atoms with Crippen LogP contribution in [0.2, 0.25) is 0 Å². The first kappa shape index (κ1) is 15.3. The van der Waals surface area contributed by atoms with Gasteiger partial charge in [0.15, 0.2) is 0 Å². The van der Waals surface area contributed by atoms with Crippen molar-refractivity contribution < 1.29 is 14.6 Å². The Labute approximate surface area is 124 Å². The summed E-state index contributed by atoms with van der Waals surface area (Å²) in [4.78, 5) is 11.2. The maximum atomic E-state index is 11.2. The minimum Gasteiger partial charge on any atom is -0.491 e. The van der Waals surface area contributed by atoms with E-state index in [0.29, 0.717) is 5.75 Å². The van der Waals surface area contributed by atoms with Gasteiger partial charge in [0.1, 0.15) is 12.4 Å². The molecule has 0 aromatic heterocycles. The summed E-state index contributed by atoms with van der Waals surface area (Å²) < 4.78 is 5.88. The smallest absolute Gasteiger partial charge is 0.312 e. The number of benzene rings is 2. The summed E-state index contributed by atoms with van der Waals surface area (Å²) in [5.74, 6) is -0.206. The highest BCUT2D eigenvalue weighted by Gasteiger charge is 2.29. The summed E-state index contributed by atoms with van der Waals surface area (Å²) >= 11 is 0. The van der Waals surface area contributed by atoms with Crippen molar-refractivity contribution >= 4 is 16.7 Å². The molecule has 1 atom stereocenters. The Bertz CT molecular complexity index is 662. The number of fused-ring (bicyclic) bond motifs is 1. The number of nitrogens with two attached hydrogens (primary N) is 1. The third-order valence-electron chi connectivity index (χ3n) is 3.56. The normalized spacial score (nSPS) is 13.1. The molecular formula is C17H21NO3. The van der Waals surface area contributed by atoms with Crippen molar-refractivity contribution in [3.63, 3.8) is 0 Å². The fourth-order valence-electron chi connectivity index (χ4n) is 2.09. The molecule has 2 aromatic carbocycles. The third-order valence-corrected chi connectivity index (χ3v) is 3.56. The lowest BCUT2D eigenvalue weighted by Crippen LogP contribution is -2.31. The summed E-state index contributed by atoms with van der Waals surface area (Å²) in [5.41, 5.74) is 5.94. The Morgan fingerprint density at radius 2 is 1.95 bits per heavy atom. The van der Waals surface area contributed by atoms with E-state index in [2.05, 4.69) is 0 Å². The second kappa shape index (κ2) is 5.74. The van der Waals surface area contributed by atoms with E-state index < -0.39 is 11.4 Å². The van der Waals surface area contributed by atoms with Gasteiger partial charge in [0.2, 0.25) is 0 Å². The second-order valence-corrected chi connectivity index (χ2v) is 5.97. The van der Waals surface area contributed by atoms with E-state index in [1.54, 1.807) is 13.8 Å². The Kier molecular flexibility index (Phi) is 4.19. The summed E-state index contributed by atoms with van der Waals surface area (Å²) in [6.07, 6.45) is 0. The lowest BCUT2D eigenvalue weighted by Gasteiger charge is -2.23. The van der Waals surface area contributed by atoms with E-state index in [-0.39, 0.29) is 12.6 Å². The summed E-state index contributed by atoms with van der Waals surface area (Å²) in [6, 6.07) is 11.6. The molecule has 4 heteroatoms. The van der Waals surface area contributed by atoms with Gasteiger partial charge in [-0.25, -0.2) is 0 Å². The maximum absolute atomic E-state index is 11.2. The first-order valence-corrected chi connectivity index (χ1v) is 6.96. The molecule has 0 radical (unpaired) electrons. The number of hydrogen-bond acceptors (Lipinski definition) is 3. The van der Waals surface area contributed by atoms with Crippen LogP contribution >= 0.6 is 0 Å². The zero-order valence-corrected chi connectivity index (χ0v) is 12.6. The summed E-state index contributed by atoms with van der Waals surface area (Å²) in [5, 5.41) is 11.2. The Morgan fingerprint density at radius 3 is 2.57 bits per heavy atom. The molecule has 0 aliphatic heterocycles. The molecule has 2 rings (SSSR count). The SMILES string of the molecule is CC(N)c1ccc2ccccc2c1OCC(C)(C)C(=O)O. The van der Waals surface area contributed by atoms with Crippen molar-refractivity contribution in [3.05, 3.63) is 42.0 Å². The number of carbonyl (C=O) groups is 1. The second-order valence-electron chi connectivity index (χ2n) is 5.97. The number of hydrogen-bond donors (Lipinski definition) is 2. The molecule has 0 saturated carbocycles. The van der Waals surface area contributed by atoms with Crippen molar-refractivity contribution in [1.29, 1.82) is 0 Å². The van der Waals surface area contributed by atoms with Crippen LogP contribution in [0.3, 0.4) is 0 Å². The fourth-order valence-corrected chi connectivity index (χ4v) is 2.09. The van der Waals surface area contributed by atoms with Gasteiger partial charge in [0.25, 0.3) is 0 Å². The summed E-state index contributed by atoms with van der Waals surface area (Å²) in [6.45, 7) is 5.27. The van der Waals surface area contributed by atoms with Gasteiger partial charge in [-0.1, -0.05) is 36.4 Å². The fraction of sp³-hybridized carbons (Fsp3) is 0.353. The van der Waals surface area contributed by atoms with Crippen LogP contribution < -0.4 is 10.5 Å². The standard InChI is InChI=1S/C17H21NO3/c1-11(18)13-9-8-12-6-4-5-7-14(12)15(13)21-10-17(2,3)16(19)20/h4-9,11H,10,18H2,1-3H3,(H,19,20).